The summed E-state index contributed by atoms with van der Waals surface area (Å²) in [5.41, 5.74) is 0. The zero-order valence-electron chi connectivity index (χ0n) is 11.4. The van der Waals surface area contributed by atoms with E-state index in [1.807, 2.05) is 0 Å². The second-order valence-electron chi connectivity index (χ2n) is 5.63. The number of nitrogens with zero attached hydrogens (tertiary/aromatic N) is 1. The number of likely N-dealkylation sites (tertiary alicyclic amines) is 1. The highest BCUT2D eigenvalue weighted by molar-refractivity contribution is 5.78. The van der Waals surface area contributed by atoms with E-state index in [9.17, 15) is 4.79 Å². The number of amides is 1. The highest BCUT2D eigenvalue weighted by atomic mass is 16.1. The van der Waals surface area contributed by atoms with Crippen LogP contribution in [0.5, 0.6) is 0 Å². The monoisotopic (exact) mass is 253 g/mol. The highest BCUT2D eigenvalue weighted by Crippen LogP contribution is 2.17. The van der Waals surface area contributed by atoms with Crippen LogP contribution in [0.1, 0.15) is 44.9 Å². The van der Waals surface area contributed by atoms with E-state index >= 15 is 0 Å². The van der Waals surface area contributed by atoms with E-state index < -0.39 is 0 Å². The lowest BCUT2D eigenvalue weighted by atomic mass is 10.2. The first-order valence-electron chi connectivity index (χ1n) is 7.57. The molecule has 0 spiro atoms. The quantitative estimate of drug-likeness (QED) is 0.668. The third-order valence-electron chi connectivity index (χ3n) is 4.03. The molecular formula is C14H27N3O. The lowest BCUT2D eigenvalue weighted by Gasteiger charge is -2.15. The lowest BCUT2D eigenvalue weighted by Crippen LogP contribution is -2.39. The molecule has 0 aromatic rings. The Hall–Kier alpha value is -0.610. The maximum atomic E-state index is 11.6. The minimum atomic E-state index is 0.170. The molecule has 1 saturated carbocycles. The zero-order chi connectivity index (χ0) is 12.6. The van der Waals surface area contributed by atoms with Gasteiger partial charge in [-0.15, -0.1) is 0 Å². The molecule has 2 N–H and O–H groups in total. The summed E-state index contributed by atoms with van der Waals surface area (Å²) in [7, 11) is 0. The summed E-state index contributed by atoms with van der Waals surface area (Å²) in [5, 5.41) is 6.34. The van der Waals surface area contributed by atoms with E-state index in [1.54, 1.807) is 0 Å². The number of rotatable bonds is 7. The topological polar surface area (TPSA) is 44.4 Å². The van der Waals surface area contributed by atoms with Gasteiger partial charge in [0.25, 0.3) is 0 Å². The largest absolute Gasteiger partial charge is 0.352 e. The van der Waals surface area contributed by atoms with E-state index in [2.05, 4.69) is 15.5 Å². The molecule has 2 fully saturated rings. The van der Waals surface area contributed by atoms with Gasteiger partial charge >= 0.3 is 0 Å². The number of hydrogen-bond acceptors (Lipinski definition) is 3. The van der Waals surface area contributed by atoms with E-state index in [0.29, 0.717) is 12.6 Å². The maximum Gasteiger partial charge on any atom is 0.234 e. The molecule has 0 unspecified atom stereocenters. The van der Waals surface area contributed by atoms with Gasteiger partial charge in [0.05, 0.1) is 6.54 Å². The summed E-state index contributed by atoms with van der Waals surface area (Å²) >= 11 is 0. The summed E-state index contributed by atoms with van der Waals surface area (Å²) in [4.78, 5) is 14.1. The summed E-state index contributed by atoms with van der Waals surface area (Å²) < 4.78 is 0. The molecule has 4 heteroatoms. The zero-order valence-corrected chi connectivity index (χ0v) is 11.4. The second-order valence-corrected chi connectivity index (χ2v) is 5.63. The molecular weight excluding hydrogens is 226 g/mol. The molecule has 2 aliphatic rings. The predicted octanol–water partition coefficient (Wildman–Crippen LogP) is 1.12. The fourth-order valence-electron chi connectivity index (χ4n) is 2.98. The molecule has 1 aliphatic heterocycles. The van der Waals surface area contributed by atoms with Gasteiger partial charge in [-0.25, -0.2) is 0 Å². The van der Waals surface area contributed by atoms with Crippen LogP contribution in [0.15, 0.2) is 0 Å². The number of hydrogen-bond donors (Lipinski definition) is 2. The molecule has 18 heavy (non-hydrogen) atoms. The molecule has 0 aromatic carbocycles. The van der Waals surface area contributed by atoms with Crippen LogP contribution in [0, 0.1) is 0 Å². The van der Waals surface area contributed by atoms with Crippen molar-refractivity contribution in [3.8, 4) is 0 Å². The Morgan fingerprint density at radius 2 is 1.83 bits per heavy atom. The number of carbonyl (C=O) groups is 1. The van der Waals surface area contributed by atoms with Gasteiger partial charge in [0.2, 0.25) is 5.91 Å². The van der Waals surface area contributed by atoms with Crippen molar-refractivity contribution in [2.45, 2.75) is 51.0 Å². The summed E-state index contributed by atoms with van der Waals surface area (Å²) in [6, 6.07) is 0.448. The van der Waals surface area contributed by atoms with Gasteiger partial charge in [-0.1, -0.05) is 12.8 Å². The molecule has 104 valence electrons. The highest BCUT2D eigenvalue weighted by Gasteiger charge is 2.16. The van der Waals surface area contributed by atoms with Crippen molar-refractivity contribution in [1.29, 1.82) is 0 Å². The van der Waals surface area contributed by atoms with Gasteiger partial charge in [-0.3, -0.25) is 4.79 Å². The molecule has 2 rings (SSSR count). The summed E-state index contributed by atoms with van der Waals surface area (Å²) in [5.74, 6) is 0.170. The molecule has 1 amide bonds. The van der Waals surface area contributed by atoms with Crippen LogP contribution in [0.2, 0.25) is 0 Å². The van der Waals surface area contributed by atoms with Gasteiger partial charge in [0.15, 0.2) is 0 Å². The van der Waals surface area contributed by atoms with E-state index in [-0.39, 0.29) is 5.91 Å². The van der Waals surface area contributed by atoms with Crippen molar-refractivity contribution in [2.24, 2.45) is 0 Å². The standard InChI is InChI=1S/C14H27N3O/c18-14(16-13-6-1-2-7-13)12-15-8-5-11-17-9-3-4-10-17/h13,15H,1-12H2,(H,16,18). The minimum Gasteiger partial charge on any atom is -0.352 e. The van der Waals surface area contributed by atoms with Crippen LogP contribution in [-0.2, 0) is 4.79 Å². The van der Waals surface area contributed by atoms with Gasteiger partial charge in [-0.05, 0) is 58.3 Å². The van der Waals surface area contributed by atoms with Crippen molar-refractivity contribution in [3.63, 3.8) is 0 Å². The van der Waals surface area contributed by atoms with Gasteiger partial charge in [0.1, 0.15) is 0 Å². The first kappa shape index (κ1) is 13.8. The van der Waals surface area contributed by atoms with E-state index in [0.717, 1.165) is 13.0 Å². The van der Waals surface area contributed by atoms with E-state index in [1.165, 1.54) is 58.2 Å². The Morgan fingerprint density at radius 1 is 1.11 bits per heavy atom. The van der Waals surface area contributed by atoms with Crippen molar-refractivity contribution in [2.75, 3.05) is 32.7 Å². The Balaban J connectivity index is 1.43. The third kappa shape index (κ3) is 4.94. The molecule has 1 saturated heterocycles. The first-order chi connectivity index (χ1) is 8.84. The van der Waals surface area contributed by atoms with Gasteiger partial charge < -0.3 is 15.5 Å². The Morgan fingerprint density at radius 3 is 2.56 bits per heavy atom. The number of carbonyl (C=O) groups excluding carboxylic acids is 1. The van der Waals surface area contributed by atoms with Crippen LogP contribution in [0.3, 0.4) is 0 Å². The van der Waals surface area contributed by atoms with Crippen molar-refractivity contribution in [3.05, 3.63) is 0 Å². The van der Waals surface area contributed by atoms with Crippen LogP contribution < -0.4 is 10.6 Å². The van der Waals surface area contributed by atoms with Crippen molar-refractivity contribution in [1.82, 2.24) is 15.5 Å². The predicted molar refractivity (Wildman–Crippen MR) is 73.6 cm³/mol. The smallest absolute Gasteiger partial charge is 0.234 e. The maximum absolute atomic E-state index is 11.6. The molecule has 0 bridgehead atoms. The molecule has 1 aliphatic carbocycles. The van der Waals surface area contributed by atoms with Crippen LogP contribution >= 0.6 is 0 Å². The Labute approximate surface area is 110 Å². The van der Waals surface area contributed by atoms with Gasteiger partial charge in [-0.2, -0.15) is 0 Å². The minimum absolute atomic E-state index is 0.170. The molecule has 0 radical (unpaired) electrons. The average molecular weight is 253 g/mol. The van der Waals surface area contributed by atoms with Crippen LogP contribution in [0.4, 0.5) is 0 Å². The fraction of sp³-hybridized carbons (Fsp3) is 0.929. The third-order valence-corrected chi connectivity index (χ3v) is 4.03. The Kier molecular flexibility index (Phi) is 5.94. The fourth-order valence-corrected chi connectivity index (χ4v) is 2.98. The van der Waals surface area contributed by atoms with Gasteiger partial charge in [0, 0.05) is 6.04 Å². The SMILES string of the molecule is O=C(CNCCCN1CCCC1)NC1CCCC1. The van der Waals surface area contributed by atoms with Crippen molar-refractivity contribution < 1.29 is 4.79 Å². The number of nitrogens with one attached hydrogen (secondary N) is 2. The molecule has 0 atom stereocenters. The van der Waals surface area contributed by atoms with E-state index in [4.69, 9.17) is 0 Å². The lowest BCUT2D eigenvalue weighted by molar-refractivity contribution is -0.120. The Bertz CT molecular complexity index is 245. The van der Waals surface area contributed by atoms with Crippen LogP contribution in [0.25, 0.3) is 0 Å². The first-order valence-corrected chi connectivity index (χ1v) is 7.57. The molecule has 0 aromatic heterocycles. The average Bonchev–Trinajstić information content (AvgIpc) is 3.01. The molecule has 1 heterocycles. The normalized spacial score (nSPS) is 21.6. The van der Waals surface area contributed by atoms with Crippen LogP contribution in [-0.4, -0.2) is 49.6 Å². The van der Waals surface area contributed by atoms with Crippen molar-refractivity contribution >= 4 is 5.91 Å². The second kappa shape index (κ2) is 7.74. The molecule has 4 nitrogen and oxygen atoms in total. The summed E-state index contributed by atoms with van der Waals surface area (Å²) in [6.45, 7) is 5.15. The summed E-state index contributed by atoms with van der Waals surface area (Å²) in [6.07, 6.45) is 8.75.